The van der Waals surface area contributed by atoms with Crippen LogP contribution in [-0.2, 0) is 0 Å². The standard InChI is InChI=1S/C7H7ClN2/c1-6-9-5-7(10-6)3-2-4-8/h5H,4H2,1H3,(H,9,10). The molecule has 3 heteroatoms. The molecule has 0 atom stereocenters. The molecule has 1 aromatic heterocycles. The van der Waals surface area contributed by atoms with Crippen LogP contribution in [0.4, 0.5) is 0 Å². The maximum absolute atomic E-state index is 5.35. The van der Waals surface area contributed by atoms with E-state index in [1.807, 2.05) is 6.92 Å². The Kier molecular flexibility index (Phi) is 2.35. The largest absolute Gasteiger partial charge is 0.336 e. The summed E-state index contributed by atoms with van der Waals surface area (Å²) < 4.78 is 0. The van der Waals surface area contributed by atoms with E-state index in [9.17, 15) is 0 Å². The van der Waals surface area contributed by atoms with Gasteiger partial charge in [0.15, 0.2) is 0 Å². The molecule has 1 N–H and O–H groups in total. The lowest BCUT2D eigenvalue weighted by Gasteiger charge is -1.76. The predicted molar refractivity (Wildman–Crippen MR) is 40.9 cm³/mol. The first kappa shape index (κ1) is 7.17. The maximum Gasteiger partial charge on any atom is 0.109 e. The molecule has 0 aromatic carbocycles. The van der Waals surface area contributed by atoms with Crippen molar-refractivity contribution in [2.75, 3.05) is 5.88 Å². The van der Waals surface area contributed by atoms with Crippen molar-refractivity contribution in [2.24, 2.45) is 0 Å². The minimum Gasteiger partial charge on any atom is -0.336 e. The zero-order chi connectivity index (χ0) is 7.40. The third-order valence-electron chi connectivity index (χ3n) is 0.993. The third-order valence-corrected chi connectivity index (χ3v) is 1.13. The highest BCUT2D eigenvalue weighted by Gasteiger charge is 1.88. The van der Waals surface area contributed by atoms with Gasteiger partial charge in [0.2, 0.25) is 0 Å². The summed E-state index contributed by atoms with van der Waals surface area (Å²) >= 11 is 5.35. The Hall–Kier alpha value is -0.940. The Balaban J connectivity index is 2.76. The van der Waals surface area contributed by atoms with Crippen LogP contribution in [0.5, 0.6) is 0 Å². The molecular weight excluding hydrogens is 148 g/mol. The van der Waals surface area contributed by atoms with Crippen molar-refractivity contribution >= 4 is 11.6 Å². The number of nitrogens with one attached hydrogen (secondary N) is 1. The summed E-state index contributed by atoms with van der Waals surface area (Å²) in [6, 6.07) is 0. The number of hydrogen-bond donors (Lipinski definition) is 1. The number of H-pyrrole nitrogens is 1. The molecule has 0 bridgehead atoms. The first-order chi connectivity index (χ1) is 4.83. The molecule has 2 nitrogen and oxygen atoms in total. The second-order valence-corrected chi connectivity index (χ2v) is 2.08. The van der Waals surface area contributed by atoms with Gasteiger partial charge in [0.1, 0.15) is 11.5 Å². The smallest absolute Gasteiger partial charge is 0.109 e. The van der Waals surface area contributed by atoms with Gasteiger partial charge >= 0.3 is 0 Å². The van der Waals surface area contributed by atoms with Gasteiger partial charge in [-0.25, -0.2) is 4.98 Å². The minimum atomic E-state index is 0.359. The van der Waals surface area contributed by atoms with Crippen molar-refractivity contribution < 1.29 is 0 Å². The highest BCUT2D eigenvalue weighted by Crippen LogP contribution is 1.91. The fourth-order valence-electron chi connectivity index (χ4n) is 0.613. The second kappa shape index (κ2) is 3.28. The van der Waals surface area contributed by atoms with Crippen LogP contribution < -0.4 is 0 Å². The fourth-order valence-corrected chi connectivity index (χ4v) is 0.680. The Morgan fingerprint density at radius 1 is 1.80 bits per heavy atom. The van der Waals surface area contributed by atoms with Gasteiger partial charge in [0.25, 0.3) is 0 Å². The predicted octanol–water partition coefficient (Wildman–Crippen LogP) is 1.31. The number of rotatable bonds is 0. The second-order valence-electron chi connectivity index (χ2n) is 1.82. The summed E-state index contributed by atoms with van der Waals surface area (Å²) in [6.45, 7) is 1.88. The minimum absolute atomic E-state index is 0.359. The number of aryl methyl sites for hydroxylation is 1. The molecule has 0 spiro atoms. The molecule has 0 aliphatic heterocycles. The van der Waals surface area contributed by atoms with Crippen molar-refractivity contribution in [1.82, 2.24) is 9.97 Å². The van der Waals surface area contributed by atoms with E-state index >= 15 is 0 Å². The Bertz CT molecular complexity index is 267. The van der Waals surface area contributed by atoms with E-state index in [0.717, 1.165) is 11.5 Å². The van der Waals surface area contributed by atoms with E-state index in [1.165, 1.54) is 0 Å². The highest BCUT2D eigenvalue weighted by molar-refractivity contribution is 6.19. The Morgan fingerprint density at radius 2 is 2.60 bits per heavy atom. The first-order valence-corrected chi connectivity index (χ1v) is 3.43. The van der Waals surface area contributed by atoms with E-state index in [-0.39, 0.29) is 0 Å². The monoisotopic (exact) mass is 154 g/mol. The van der Waals surface area contributed by atoms with Crippen molar-refractivity contribution in [3.8, 4) is 11.8 Å². The van der Waals surface area contributed by atoms with Gasteiger partial charge in [-0.05, 0) is 12.8 Å². The molecule has 0 saturated heterocycles. The normalized spacial score (nSPS) is 8.60. The maximum atomic E-state index is 5.35. The molecular formula is C7H7ClN2. The number of nitrogens with zero attached hydrogens (tertiary/aromatic N) is 1. The van der Waals surface area contributed by atoms with Gasteiger partial charge in [0.05, 0.1) is 12.1 Å². The summed E-state index contributed by atoms with van der Waals surface area (Å²) in [4.78, 5) is 6.94. The molecule has 0 fully saturated rings. The molecule has 0 aliphatic rings. The van der Waals surface area contributed by atoms with Crippen LogP contribution >= 0.6 is 11.6 Å². The van der Waals surface area contributed by atoms with Crippen LogP contribution in [0.2, 0.25) is 0 Å². The molecule has 0 saturated carbocycles. The van der Waals surface area contributed by atoms with Gasteiger partial charge < -0.3 is 4.98 Å². The van der Waals surface area contributed by atoms with Crippen LogP contribution in [0.1, 0.15) is 11.5 Å². The zero-order valence-corrected chi connectivity index (χ0v) is 6.37. The average molecular weight is 155 g/mol. The van der Waals surface area contributed by atoms with Gasteiger partial charge in [-0.1, -0.05) is 5.92 Å². The highest BCUT2D eigenvalue weighted by atomic mass is 35.5. The molecule has 0 unspecified atom stereocenters. The summed E-state index contributed by atoms with van der Waals surface area (Å²) in [5.41, 5.74) is 0.818. The van der Waals surface area contributed by atoms with Crippen molar-refractivity contribution in [2.45, 2.75) is 6.92 Å². The van der Waals surface area contributed by atoms with Crippen LogP contribution in [0.3, 0.4) is 0 Å². The lowest BCUT2D eigenvalue weighted by atomic mass is 10.5. The number of hydrogen-bond acceptors (Lipinski definition) is 1. The summed E-state index contributed by atoms with van der Waals surface area (Å²) in [5, 5.41) is 0. The Labute approximate surface area is 64.6 Å². The van der Waals surface area contributed by atoms with Crippen LogP contribution in [0.25, 0.3) is 0 Å². The SMILES string of the molecule is Cc1ncc(C#CCCl)[nH]1. The molecule has 0 aliphatic carbocycles. The molecule has 10 heavy (non-hydrogen) atoms. The van der Waals surface area contributed by atoms with Crippen molar-refractivity contribution in [3.63, 3.8) is 0 Å². The first-order valence-electron chi connectivity index (χ1n) is 2.89. The van der Waals surface area contributed by atoms with Gasteiger partial charge in [0, 0.05) is 0 Å². The Morgan fingerprint density at radius 3 is 3.10 bits per heavy atom. The lowest BCUT2D eigenvalue weighted by Crippen LogP contribution is -1.73. The summed E-state index contributed by atoms with van der Waals surface area (Å²) in [7, 11) is 0. The number of aromatic nitrogens is 2. The quantitative estimate of drug-likeness (QED) is 0.443. The summed E-state index contributed by atoms with van der Waals surface area (Å²) in [5.74, 6) is 6.77. The number of halogens is 1. The molecule has 1 rings (SSSR count). The number of imidazole rings is 1. The van der Waals surface area contributed by atoms with Gasteiger partial charge in [-0.2, -0.15) is 0 Å². The van der Waals surface area contributed by atoms with Gasteiger partial charge in [-0.3, -0.25) is 0 Å². The molecule has 0 amide bonds. The van der Waals surface area contributed by atoms with E-state index in [2.05, 4.69) is 21.8 Å². The number of aromatic amines is 1. The average Bonchev–Trinajstić information content (AvgIpc) is 2.31. The topological polar surface area (TPSA) is 28.7 Å². The third kappa shape index (κ3) is 1.78. The fraction of sp³-hybridized carbons (Fsp3) is 0.286. The van der Waals surface area contributed by atoms with Crippen LogP contribution in [-0.4, -0.2) is 15.8 Å². The number of alkyl halides is 1. The van der Waals surface area contributed by atoms with E-state index < -0.39 is 0 Å². The van der Waals surface area contributed by atoms with Gasteiger partial charge in [-0.15, -0.1) is 11.6 Å². The molecule has 1 aromatic rings. The van der Waals surface area contributed by atoms with Crippen molar-refractivity contribution in [1.29, 1.82) is 0 Å². The lowest BCUT2D eigenvalue weighted by molar-refractivity contribution is 1.14. The molecule has 0 radical (unpaired) electrons. The molecule has 52 valence electrons. The zero-order valence-electron chi connectivity index (χ0n) is 5.61. The molecule has 1 heterocycles. The van der Waals surface area contributed by atoms with E-state index in [4.69, 9.17) is 11.6 Å². The van der Waals surface area contributed by atoms with E-state index in [0.29, 0.717) is 5.88 Å². The van der Waals surface area contributed by atoms with Crippen LogP contribution in [0, 0.1) is 18.8 Å². The summed E-state index contributed by atoms with van der Waals surface area (Å²) in [6.07, 6.45) is 1.69. The van der Waals surface area contributed by atoms with Crippen LogP contribution in [0.15, 0.2) is 6.20 Å². The van der Waals surface area contributed by atoms with E-state index in [1.54, 1.807) is 6.20 Å². The van der Waals surface area contributed by atoms with Crippen molar-refractivity contribution in [3.05, 3.63) is 17.7 Å².